The summed E-state index contributed by atoms with van der Waals surface area (Å²) in [4.78, 5) is 4.48. The standard InChI is InChI=1S/C14H23BrN2/c1-2-6-13-16-9-10-17(13)12-14(11-15)7-4-3-5-8-14/h9-10H,2-8,11-12H2,1H3. The van der Waals surface area contributed by atoms with Gasteiger partial charge in [-0.15, -0.1) is 0 Å². The van der Waals surface area contributed by atoms with E-state index in [0.717, 1.165) is 18.3 Å². The molecule has 0 N–H and O–H groups in total. The highest BCUT2D eigenvalue weighted by molar-refractivity contribution is 9.09. The number of rotatable bonds is 5. The van der Waals surface area contributed by atoms with Gasteiger partial charge in [-0.25, -0.2) is 4.98 Å². The molecule has 2 nitrogen and oxygen atoms in total. The highest BCUT2D eigenvalue weighted by Gasteiger charge is 2.31. The number of hydrogen-bond acceptors (Lipinski definition) is 1. The molecule has 1 saturated carbocycles. The lowest BCUT2D eigenvalue weighted by molar-refractivity contribution is 0.189. The Bertz CT molecular complexity index is 340. The fourth-order valence-electron chi connectivity index (χ4n) is 2.93. The van der Waals surface area contributed by atoms with Crippen LogP contribution in [-0.4, -0.2) is 14.9 Å². The van der Waals surface area contributed by atoms with Crippen LogP contribution < -0.4 is 0 Å². The van der Waals surface area contributed by atoms with Gasteiger partial charge in [-0.3, -0.25) is 0 Å². The Morgan fingerprint density at radius 3 is 2.76 bits per heavy atom. The minimum absolute atomic E-state index is 0.474. The quantitative estimate of drug-likeness (QED) is 0.746. The zero-order chi connectivity index (χ0) is 12.1. The molecule has 17 heavy (non-hydrogen) atoms. The van der Waals surface area contributed by atoms with Crippen LogP contribution in [0.3, 0.4) is 0 Å². The maximum Gasteiger partial charge on any atom is 0.108 e. The van der Waals surface area contributed by atoms with Crippen molar-refractivity contribution < 1.29 is 0 Å². The molecule has 0 amide bonds. The van der Waals surface area contributed by atoms with Gasteiger partial charge >= 0.3 is 0 Å². The van der Waals surface area contributed by atoms with E-state index in [2.05, 4.69) is 38.6 Å². The molecule has 1 aliphatic carbocycles. The third kappa shape index (κ3) is 3.12. The van der Waals surface area contributed by atoms with E-state index in [0.29, 0.717) is 5.41 Å². The maximum absolute atomic E-state index is 4.48. The van der Waals surface area contributed by atoms with Crippen LogP contribution in [0.4, 0.5) is 0 Å². The van der Waals surface area contributed by atoms with Gasteiger partial charge in [-0.05, 0) is 24.7 Å². The number of alkyl halides is 1. The van der Waals surface area contributed by atoms with Crippen LogP contribution in [0.25, 0.3) is 0 Å². The number of aryl methyl sites for hydroxylation is 1. The summed E-state index contributed by atoms with van der Waals surface area (Å²) in [6.07, 6.45) is 13.3. The van der Waals surface area contributed by atoms with Crippen molar-refractivity contribution >= 4 is 15.9 Å². The van der Waals surface area contributed by atoms with E-state index in [1.54, 1.807) is 0 Å². The molecule has 3 heteroatoms. The molecule has 1 aliphatic rings. The van der Waals surface area contributed by atoms with Gasteiger partial charge in [-0.2, -0.15) is 0 Å². The summed E-state index contributed by atoms with van der Waals surface area (Å²) < 4.78 is 2.39. The van der Waals surface area contributed by atoms with Crippen LogP contribution in [0.2, 0.25) is 0 Å². The highest BCUT2D eigenvalue weighted by Crippen LogP contribution is 2.39. The Labute approximate surface area is 113 Å². The highest BCUT2D eigenvalue weighted by atomic mass is 79.9. The summed E-state index contributed by atoms with van der Waals surface area (Å²) in [6.45, 7) is 3.37. The Hall–Kier alpha value is -0.310. The van der Waals surface area contributed by atoms with Crippen molar-refractivity contribution in [2.24, 2.45) is 5.41 Å². The van der Waals surface area contributed by atoms with Gasteiger partial charge in [0.1, 0.15) is 5.82 Å². The molecule has 0 radical (unpaired) electrons. The van der Waals surface area contributed by atoms with Crippen molar-refractivity contribution in [2.45, 2.75) is 58.4 Å². The smallest absolute Gasteiger partial charge is 0.108 e. The molecule has 0 atom stereocenters. The average Bonchev–Trinajstić information content (AvgIpc) is 2.78. The van der Waals surface area contributed by atoms with E-state index < -0.39 is 0 Å². The molecule has 0 spiro atoms. The minimum Gasteiger partial charge on any atom is -0.334 e. The molecule has 1 heterocycles. The molecule has 0 aromatic carbocycles. The SMILES string of the molecule is CCCc1nccn1CC1(CBr)CCCCC1. The molecule has 1 aromatic heterocycles. The third-order valence-corrected chi connectivity index (χ3v) is 5.17. The van der Waals surface area contributed by atoms with Gasteiger partial charge in [-0.1, -0.05) is 42.1 Å². The summed E-state index contributed by atoms with van der Waals surface area (Å²) in [7, 11) is 0. The molecule has 1 fully saturated rings. The molecular formula is C14H23BrN2. The number of imidazole rings is 1. The fourth-order valence-corrected chi connectivity index (χ4v) is 3.67. The first kappa shape index (κ1) is 13.1. The zero-order valence-electron chi connectivity index (χ0n) is 10.8. The summed E-state index contributed by atoms with van der Waals surface area (Å²) >= 11 is 3.74. The van der Waals surface area contributed by atoms with Crippen molar-refractivity contribution in [1.29, 1.82) is 0 Å². The van der Waals surface area contributed by atoms with Crippen molar-refractivity contribution in [3.05, 3.63) is 18.2 Å². The molecular weight excluding hydrogens is 276 g/mol. The Morgan fingerprint density at radius 2 is 2.12 bits per heavy atom. The van der Waals surface area contributed by atoms with Crippen LogP contribution in [0.1, 0.15) is 51.3 Å². The Balaban J connectivity index is 2.09. The lowest BCUT2D eigenvalue weighted by Gasteiger charge is -2.36. The Morgan fingerprint density at radius 1 is 1.35 bits per heavy atom. The van der Waals surface area contributed by atoms with Gasteiger partial charge in [0.25, 0.3) is 0 Å². The zero-order valence-corrected chi connectivity index (χ0v) is 12.4. The topological polar surface area (TPSA) is 17.8 Å². The summed E-state index contributed by atoms with van der Waals surface area (Å²) in [5.74, 6) is 1.26. The van der Waals surface area contributed by atoms with E-state index in [-0.39, 0.29) is 0 Å². The fraction of sp³-hybridized carbons (Fsp3) is 0.786. The summed E-state index contributed by atoms with van der Waals surface area (Å²) in [5, 5.41) is 1.13. The van der Waals surface area contributed by atoms with Crippen molar-refractivity contribution in [3.8, 4) is 0 Å². The van der Waals surface area contributed by atoms with E-state index in [1.807, 2.05) is 6.20 Å². The van der Waals surface area contributed by atoms with Crippen molar-refractivity contribution in [3.63, 3.8) is 0 Å². The molecule has 0 saturated heterocycles. The van der Waals surface area contributed by atoms with Gasteiger partial charge in [0, 0.05) is 30.7 Å². The third-order valence-electron chi connectivity index (χ3n) is 3.98. The maximum atomic E-state index is 4.48. The van der Waals surface area contributed by atoms with Gasteiger partial charge in [0.2, 0.25) is 0 Å². The first-order valence-corrected chi connectivity index (χ1v) is 7.98. The van der Waals surface area contributed by atoms with E-state index in [9.17, 15) is 0 Å². The van der Waals surface area contributed by atoms with Gasteiger partial charge in [0.15, 0.2) is 0 Å². The molecule has 2 rings (SSSR count). The first-order chi connectivity index (χ1) is 8.29. The number of hydrogen-bond donors (Lipinski definition) is 0. The van der Waals surface area contributed by atoms with Crippen molar-refractivity contribution in [1.82, 2.24) is 9.55 Å². The van der Waals surface area contributed by atoms with Crippen molar-refractivity contribution in [2.75, 3.05) is 5.33 Å². The summed E-state index contributed by atoms with van der Waals surface area (Å²) in [6, 6.07) is 0. The predicted molar refractivity (Wildman–Crippen MR) is 75.5 cm³/mol. The number of halogens is 1. The molecule has 0 bridgehead atoms. The lowest BCUT2D eigenvalue weighted by atomic mass is 9.75. The monoisotopic (exact) mass is 298 g/mol. The predicted octanol–water partition coefficient (Wildman–Crippen LogP) is 4.18. The second-order valence-electron chi connectivity index (χ2n) is 5.42. The second kappa shape index (κ2) is 6.03. The van der Waals surface area contributed by atoms with Crippen LogP contribution in [0, 0.1) is 5.41 Å². The lowest BCUT2D eigenvalue weighted by Crippen LogP contribution is -2.31. The number of aromatic nitrogens is 2. The van der Waals surface area contributed by atoms with E-state index in [4.69, 9.17) is 0 Å². The van der Waals surface area contributed by atoms with Crippen LogP contribution >= 0.6 is 15.9 Å². The largest absolute Gasteiger partial charge is 0.334 e. The normalized spacial score (nSPS) is 19.4. The molecule has 1 aromatic rings. The molecule has 96 valence electrons. The number of nitrogens with zero attached hydrogens (tertiary/aromatic N) is 2. The molecule has 0 aliphatic heterocycles. The minimum atomic E-state index is 0.474. The van der Waals surface area contributed by atoms with Crippen LogP contribution in [-0.2, 0) is 13.0 Å². The first-order valence-electron chi connectivity index (χ1n) is 6.86. The Kier molecular flexibility index (Phi) is 4.66. The van der Waals surface area contributed by atoms with Crippen LogP contribution in [0.5, 0.6) is 0 Å². The summed E-state index contributed by atoms with van der Waals surface area (Å²) in [5.41, 5.74) is 0.474. The van der Waals surface area contributed by atoms with E-state index >= 15 is 0 Å². The van der Waals surface area contributed by atoms with Gasteiger partial charge < -0.3 is 4.57 Å². The van der Waals surface area contributed by atoms with E-state index in [1.165, 1.54) is 44.3 Å². The second-order valence-corrected chi connectivity index (χ2v) is 5.98. The van der Waals surface area contributed by atoms with Crippen LogP contribution in [0.15, 0.2) is 12.4 Å². The van der Waals surface area contributed by atoms with Gasteiger partial charge in [0.05, 0.1) is 0 Å². The average molecular weight is 299 g/mol. The molecule has 0 unspecified atom stereocenters.